The number of amides is 1. The number of hydrogen-bond acceptors (Lipinski definition) is 4. The van der Waals surface area contributed by atoms with Gasteiger partial charge in [0.25, 0.3) is 0 Å². The Morgan fingerprint density at radius 2 is 2.03 bits per heavy atom. The monoisotopic (exact) mass is 567 g/mol. The van der Waals surface area contributed by atoms with Crippen LogP contribution >= 0.6 is 30.3 Å². The first kappa shape index (κ1) is 23.9. The van der Waals surface area contributed by atoms with Crippen LogP contribution in [0.3, 0.4) is 0 Å². The van der Waals surface area contributed by atoms with Gasteiger partial charge >= 0.3 is 0 Å². The minimum absolute atomic E-state index is 0.0216. The summed E-state index contributed by atoms with van der Waals surface area (Å²) in [6.45, 7) is 9.72. The molecule has 1 N–H and O–H groups in total. The lowest BCUT2D eigenvalue weighted by atomic mass is 9.94. The quantitative estimate of drug-likeness (QED) is 0.327. The summed E-state index contributed by atoms with van der Waals surface area (Å²) in [7, 11) is -0.0227. The summed E-state index contributed by atoms with van der Waals surface area (Å²) in [6.07, 6.45) is 4.34. The number of halogens is 1. The molecule has 2 fully saturated rings. The van der Waals surface area contributed by atoms with Crippen molar-refractivity contribution in [3.63, 3.8) is 0 Å². The van der Waals surface area contributed by atoms with E-state index in [1.165, 1.54) is 33.9 Å². The van der Waals surface area contributed by atoms with Crippen LogP contribution in [0.1, 0.15) is 52.0 Å². The van der Waals surface area contributed by atoms with Gasteiger partial charge in [0, 0.05) is 60.6 Å². The summed E-state index contributed by atoms with van der Waals surface area (Å²) < 4.78 is 11.4. The van der Waals surface area contributed by atoms with Crippen molar-refractivity contribution >= 4 is 63.0 Å². The molecule has 0 bridgehead atoms. The van der Waals surface area contributed by atoms with Crippen LogP contribution in [-0.2, 0) is 31.3 Å². The molecule has 1 saturated heterocycles. The smallest absolute Gasteiger partial charge is 0.246 e. The molecule has 1 aliphatic heterocycles. The van der Waals surface area contributed by atoms with Gasteiger partial charge in [-0.2, -0.15) is 0 Å². The topological polar surface area (TPSA) is 47.0 Å². The van der Waals surface area contributed by atoms with Crippen LogP contribution in [0.2, 0.25) is 0 Å². The molecule has 0 radical (unpaired) electrons. The molecule has 1 amide bonds. The number of anilines is 1. The summed E-state index contributed by atoms with van der Waals surface area (Å²) in [5, 5.41) is 0. The summed E-state index contributed by atoms with van der Waals surface area (Å²) in [6, 6.07) is 8.80. The largest absolute Gasteiger partial charge is 0.315 e. The molecular formula is C20H30IN3O2S3. The Morgan fingerprint density at radius 1 is 1.38 bits per heavy atom. The van der Waals surface area contributed by atoms with Gasteiger partial charge in [0.15, 0.2) is 0 Å². The molecule has 2 atom stereocenters. The highest BCUT2D eigenvalue weighted by Gasteiger charge is 2.45. The maximum absolute atomic E-state index is 12.9. The first-order valence-electron chi connectivity index (χ1n) is 10.2. The molecule has 1 saturated carbocycles. The summed E-state index contributed by atoms with van der Waals surface area (Å²) in [5.74, 6) is 0.0216. The third-order valence-corrected chi connectivity index (χ3v) is 10.5. The van der Waals surface area contributed by atoms with E-state index in [9.17, 15) is 9.35 Å². The van der Waals surface area contributed by atoms with E-state index in [1.54, 1.807) is 3.71 Å². The van der Waals surface area contributed by atoms with Gasteiger partial charge in [0.2, 0.25) is 5.91 Å². The van der Waals surface area contributed by atoms with E-state index in [1.807, 2.05) is 4.90 Å². The predicted octanol–water partition coefficient (Wildman–Crippen LogP) is 4.71. The third-order valence-electron chi connectivity index (χ3n) is 6.05. The number of rotatable bonds is 10. The molecule has 29 heavy (non-hydrogen) atoms. The number of carbonyl (C=O) groups excluding carboxylic acids is 1. The van der Waals surface area contributed by atoms with Crippen molar-refractivity contribution in [1.82, 2.24) is 8.61 Å². The second kappa shape index (κ2) is 10.2. The van der Waals surface area contributed by atoms with Crippen molar-refractivity contribution in [2.24, 2.45) is 0 Å². The highest BCUT2D eigenvalue weighted by molar-refractivity contribution is 14.2. The Morgan fingerprint density at radius 3 is 2.52 bits per heavy atom. The van der Waals surface area contributed by atoms with Crippen LogP contribution in [0.4, 0.5) is 5.69 Å². The van der Waals surface area contributed by atoms with Crippen molar-refractivity contribution in [2.45, 2.75) is 64.0 Å². The zero-order valence-electron chi connectivity index (χ0n) is 17.2. The Labute approximate surface area is 198 Å². The van der Waals surface area contributed by atoms with Crippen LogP contribution in [0, 0.1) is 0 Å². The van der Waals surface area contributed by atoms with Gasteiger partial charge in [-0.3, -0.25) is 4.79 Å². The molecule has 1 aromatic carbocycles. The summed E-state index contributed by atoms with van der Waals surface area (Å²) >= 11 is 7.06. The zero-order chi connectivity index (χ0) is 21.2. The average Bonchev–Trinajstić information content (AvgIpc) is 3.38. The molecule has 0 aromatic heterocycles. The molecule has 162 valence electrons. The fraction of sp³-hybridized carbons (Fsp3) is 0.650. The van der Waals surface area contributed by atoms with Gasteiger partial charge in [-0.25, -0.2) is 0 Å². The normalized spacial score (nSPS) is 22.1. The first-order chi connectivity index (χ1) is 13.8. The lowest BCUT2D eigenvalue weighted by Crippen LogP contribution is -2.38. The van der Waals surface area contributed by atoms with Gasteiger partial charge < -0.3 is 14.4 Å². The van der Waals surface area contributed by atoms with E-state index in [4.69, 9.17) is 11.2 Å². The van der Waals surface area contributed by atoms with E-state index in [2.05, 4.69) is 71.1 Å². The van der Waals surface area contributed by atoms with Crippen molar-refractivity contribution in [2.75, 3.05) is 24.5 Å². The standard InChI is InChI=1S/C20H30IN3O2S3/c1-4-12-22(15(2)3)14-20(10-11-20)16-5-7-17(8-6-16)23-13-9-18(19(23)25)24(28-21)29(26)27/h5-8,15,18H,4,9-14H2,1-3H3,(H,26,27). The summed E-state index contributed by atoms with van der Waals surface area (Å²) in [4.78, 5) is 17.3. The van der Waals surface area contributed by atoms with E-state index in [0.717, 1.165) is 18.8 Å². The van der Waals surface area contributed by atoms with E-state index < -0.39 is 9.92 Å². The Bertz CT molecular complexity index is 743. The number of carbonyl (C=O) groups is 1. The molecule has 9 heteroatoms. The van der Waals surface area contributed by atoms with Gasteiger partial charge in [0.05, 0.1) is 9.92 Å². The SMILES string of the molecule is CCCN(CC1(c2ccc(N3CCC(N(SI)S(O)=S)C3=O)cc2)CC1)C(C)C. The zero-order valence-corrected chi connectivity index (χ0v) is 21.8. The molecule has 3 rings (SSSR count). The lowest BCUT2D eigenvalue weighted by molar-refractivity contribution is -0.119. The van der Waals surface area contributed by atoms with Crippen LogP contribution in [-0.4, -0.2) is 50.8 Å². The highest BCUT2D eigenvalue weighted by atomic mass is 127. The minimum atomic E-state index is -1.33. The minimum Gasteiger partial charge on any atom is -0.315 e. The van der Waals surface area contributed by atoms with Gasteiger partial charge in [0.1, 0.15) is 6.04 Å². The van der Waals surface area contributed by atoms with Crippen molar-refractivity contribution in [3.8, 4) is 0 Å². The fourth-order valence-electron chi connectivity index (χ4n) is 4.18. The molecule has 0 spiro atoms. The molecule has 1 heterocycles. The highest BCUT2D eigenvalue weighted by Crippen LogP contribution is 2.49. The molecule has 1 aromatic rings. The molecular weight excluding hydrogens is 537 g/mol. The second-order valence-electron chi connectivity index (χ2n) is 8.27. The number of nitrogens with zero attached hydrogens (tertiary/aromatic N) is 3. The molecule has 1 aliphatic carbocycles. The molecule has 5 nitrogen and oxygen atoms in total. The lowest BCUT2D eigenvalue weighted by Gasteiger charge is -2.31. The number of benzene rings is 1. The van der Waals surface area contributed by atoms with E-state index in [0.29, 0.717) is 19.0 Å². The van der Waals surface area contributed by atoms with E-state index >= 15 is 0 Å². The Hall–Kier alpha value is 0.220. The van der Waals surface area contributed by atoms with Crippen LogP contribution < -0.4 is 4.90 Å². The predicted molar refractivity (Wildman–Crippen MR) is 136 cm³/mol. The van der Waals surface area contributed by atoms with Crippen LogP contribution in [0.15, 0.2) is 24.3 Å². The molecule has 2 unspecified atom stereocenters. The summed E-state index contributed by atoms with van der Waals surface area (Å²) in [5.41, 5.74) is 2.60. The average molecular weight is 568 g/mol. The number of hydrogen-bond donors (Lipinski definition) is 1. The van der Waals surface area contributed by atoms with E-state index in [-0.39, 0.29) is 17.4 Å². The Balaban J connectivity index is 1.71. The maximum Gasteiger partial charge on any atom is 0.246 e. The van der Waals surface area contributed by atoms with Crippen molar-refractivity contribution < 1.29 is 9.35 Å². The van der Waals surface area contributed by atoms with Crippen LogP contribution in [0.25, 0.3) is 0 Å². The Kier molecular flexibility index (Phi) is 8.42. The third kappa shape index (κ3) is 5.35. The molecule has 2 aliphatic rings. The van der Waals surface area contributed by atoms with Gasteiger partial charge in [-0.05, 0) is 75.0 Å². The first-order valence-corrected chi connectivity index (χ1v) is 15.6. The fourth-order valence-corrected chi connectivity index (χ4v) is 8.84. The van der Waals surface area contributed by atoms with Gasteiger partial charge in [-0.1, -0.05) is 19.1 Å². The van der Waals surface area contributed by atoms with Gasteiger partial charge in [-0.15, -0.1) is 3.71 Å². The van der Waals surface area contributed by atoms with Crippen molar-refractivity contribution in [3.05, 3.63) is 29.8 Å². The van der Waals surface area contributed by atoms with Crippen LogP contribution in [0.5, 0.6) is 0 Å². The van der Waals surface area contributed by atoms with Crippen molar-refractivity contribution in [1.29, 1.82) is 0 Å². The second-order valence-corrected chi connectivity index (χ2v) is 12.0. The maximum atomic E-state index is 12.9.